The quantitative estimate of drug-likeness (QED) is 0.601. The van der Waals surface area contributed by atoms with Crippen molar-refractivity contribution >= 4 is 17.7 Å². The number of aliphatic carboxylic acids is 1. The lowest BCUT2D eigenvalue weighted by molar-refractivity contribution is -0.135. The highest BCUT2D eigenvalue weighted by Gasteiger charge is 2.10. The monoisotopic (exact) mass is 195 g/mol. The van der Waals surface area contributed by atoms with E-state index in [0.29, 0.717) is 0 Å². The molecule has 0 fully saturated rings. The van der Waals surface area contributed by atoms with Gasteiger partial charge < -0.3 is 16.2 Å². The fourth-order valence-electron chi connectivity index (χ4n) is 0.861. The molecule has 6 nitrogen and oxygen atoms in total. The fourth-order valence-corrected chi connectivity index (χ4v) is 0.861. The third-order valence-corrected chi connectivity index (χ3v) is 1.48. The van der Waals surface area contributed by atoms with E-state index in [0.717, 1.165) is 0 Å². The van der Waals surface area contributed by atoms with E-state index in [2.05, 4.69) is 10.3 Å². The average Bonchev–Trinajstić information content (AvgIpc) is 2.15. The van der Waals surface area contributed by atoms with E-state index in [1.54, 1.807) is 6.07 Å². The molecule has 1 rings (SSSR count). The molecule has 0 bridgehead atoms. The summed E-state index contributed by atoms with van der Waals surface area (Å²) in [6.07, 6.45) is 1.45. The van der Waals surface area contributed by atoms with Gasteiger partial charge in [-0.15, -0.1) is 0 Å². The molecule has 6 heteroatoms. The number of amides is 1. The van der Waals surface area contributed by atoms with Crippen LogP contribution in [-0.4, -0.2) is 28.5 Å². The Morgan fingerprint density at radius 2 is 2.29 bits per heavy atom. The Morgan fingerprint density at radius 3 is 2.86 bits per heavy atom. The Kier molecular flexibility index (Phi) is 3.01. The lowest BCUT2D eigenvalue weighted by atomic mass is 10.2. The van der Waals surface area contributed by atoms with Gasteiger partial charge in [-0.25, -0.2) is 4.98 Å². The maximum atomic E-state index is 11.3. The van der Waals surface area contributed by atoms with Crippen LogP contribution in [0.15, 0.2) is 18.3 Å². The summed E-state index contributed by atoms with van der Waals surface area (Å²) in [5.74, 6) is -1.57. The van der Waals surface area contributed by atoms with Crippen molar-refractivity contribution in [3.63, 3.8) is 0 Å². The molecule has 1 heterocycles. The van der Waals surface area contributed by atoms with Gasteiger partial charge in [-0.1, -0.05) is 0 Å². The summed E-state index contributed by atoms with van der Waals surface area (Å²) >= 11 is 0. The van der Waals surface area contributed by atoms with Gasteiger partial charge in [0.2, 0.25) is 0 Å². The maximum absolute atomic E-state index is 11.3. The van der Waals surface area contributed by atoms with E-state index in [1.165, 1.54) is 12.3 Å². The van der Waals surface area contributed by atoms with E-state index < -0.39 is 18.4 Å². The number of pyridine rings is 1. The van der Waals surface area contributed by atoms with Gasteiger partial charge in [0.05, 0.1) is 5.56 Å². The molecular formula is C8H9N3O3. The number of carboxylic acids is 1. The van der Waals surface area contributed by atoms with Crippen LogP contribution in [0, 0.1) is 0 Å². The van der Waals surface area contributed by atoms with Gasteiger partial charge in [0.1, 0.15) is 12.4 Å². The van der Waals surface area contributed by atoms with Crippen LogP contribution in [0.25, 0.3) is 0 Å². The minimum atomic E-state index is -1.11. The van der Waals surface area contributed by atoms with Gasteiger partial charge in [0.15, 0.2) is 0 Å². The van der Waals surface area contributed by atoms with Crippen LogP contribution in [0.1, 0.15) is 10.4 Å². The average molecular weight is 195 g/mol. The molecule has 4 N–H and O–H groups in total. The van der Waals surface area contributed by atoms with Crippen molar-refractivity contribution in [3.05, 3.63) is 23.9 Å². The van der Waals surface area contributed by atoms with Crippen LogP contribution in [0.5, 0.6) is 0 Å². The molecule has 1 amide bonds. The van der Waals surface area contributed by atoms with E-state index in [9.17, 15) is 9.59 Å². The third-order valence-electron chi connectivity index (χ3n) is 1.48. The Morgan fingerprint density at radius 1 is 1.57 bits per heavy atom. The van der Waals surface area contributed by atoms with E-state index in [-0.39, 0.29) is 11.4 Å². The molecular weight excluding hydrogens is 186 g/mol. The minimum Gasteiger partial charge on any atom is -0.480 e. The molecule has 0 spiro atoms. The summed E-state index contributed by atoms with van der Waals surface area (Å²) < 4.78 is 0. The van der Waals surface area contributed by atoms with Crippen molar-refractivity contribution in [2.75, 3.05) is 12.3 Å². The standard InChI is InChI=1S/C8H9N3O3/c9-7-5(2-1-3-10-7)8(14)11-4-6(12)13/h1-3H,4H2,(H2,9,10)(H,11,14)(H,12,13). The Labute approximate surface area is 79.8 Å². The van der Waals surface area contributed by atoms with Crippen LogP contribution in [-0.2, 0) is 4.79 Å². The van der Waals surface area contributed by atoms with Crippen LogP contribution in [0.2, 0.25) is 0 Å². The molecule has 0 radical (unpaired) electrons. The first-order valence-electron chi connectivity index (χ1n) is 3.81. The predicted molar refractivity (Wildman–Crippen MR) is 48.6 cm³/mol. The fraction of sp³-hybridized carbons (Fsp3) is 0.125. The number of carbonyl (C=O) groups is 2. The van der Waals surface area contributed by atoms with Crippen LogP contribution < -0.4 is 11.1 Å². The number of hydrogen-bond acceptors (Lipinski definition) is 4. The van der Waals surface area contributed by atoms with Crippen LogP contribution in [0.3, 0.4) is 0 Å². The molecule has 0 aliphatic carbocycles. The first-order valence-corrected chi connectivity index (χ1v) is 3.81. The Bertz CT molecular complexity index is 365. The normalized spacial score (nSPS) is 9.43. The smallest absolute Gasteiger partial charge is 0.322 e. The van der Waals surface area contributed by atoms with Crippen molar-refractivity contribution < 1.29 is 14.7 Å². The van der Waals surface area contributed by atoms with Gasteiger partial charge >= 0.3 is 5.97 Å². The number of nitrogen functional groups attached to an aromatic ring is 1. The van der Waals surface area contributed by atoms with Gasteiger partial charge in [-0.3, -0.25) is 9.59 Å². The van der Waals surface area contributed by atoms with E-state index in [4.69, 9.17) is 10.8 Å². The molecule has 74 valence electrons. The van der Waals surface area contributed by atoms with E-state index >= 15 is 0 Å². The number of aromatic nitrogens is 1. The lowest BCUT2D eigenvalue weighted by Gasteiger charge is -2.03. The Hall–Kier alpha value is -2.11. The number of anilines is 1. The predicted octanol–water partition coefficient (Wildman–Crippen LogP) is -0.522. The molecule has 0 aliphatic rings. The molecule has 0 aromatic carbocycles. The van der Waals surface area contributed by atoms with Crippen LogP contribution >= 0.6 is 0 Å². The highest BCUT2D eigenvalue weighted by molar-refractivity contribution is 5.99. The van der Waals surface area contributed by atoms with Crippen LogP contribution in [0.4, 0.5) is 5.82 Å². The van der Waals surface area contributed by atoms with Crippen molar-refractivity contribution in [1.29, 1.82) is 0 Å². The molecule has 0 saturated carbocycles. The molecule has 0 unspecified atom stereocenters. The first-order chi connectivity index (χ1) is 6.61. The minimum absolute atomic E-state index is 0.0791. The zero-order chi connectivity index (χ0) is 10.6. The number of nitrogens with zero attached hydrogens (tertiary/aromatic N) is 1. The molecule has 1 aromatic rings. The second-order valence-electron chi connectivity index (χ2n) is 2.51. The number of nitrogens with two attached hydrogens (primary N) is 1. The van der Waals surface area contributed by atoms with Gasteiger partial charge in [-0.2, -0.15) is 0 Å². The summed E-state index contributed by atoms with van der Waals surface area (Å²) in [6, 6.07) is 3.02. The Balaban J connectivity index is 2.70. The summed E-state index contributed by atoms with van der Waals surface area (Å²) in [5.41, 5.74) is 5.58. The van der Waals surface area contributed by atoms with Crippen molar-refractivity contribution in [1.82, 2.24) is 10.3 Å². The zero-order valence-electron chi connectivity index (χ0n) is 7.23. The maximum Gasteiger partial charge on any atom is 0.322 e. The number of hydrogen-bond donors (Lipinski definition) is 3. The number of nitrogens with one attached hydrogen (secondary N) is 1. The second-order valence-corrected chi connectivity index (χ2v) is 2.51. The first kappa shape index (κ1) is 9.97. The summed E-state index contributed by atoms with van der Waals surface area (Å²) in [7, 11) is 0. The highest BCUT2D eigenvalue weighted by Crippen LogP contribution is 2.05. The molecule has 14 heavy (non-hydrogen) atoms. The zero-order valence-corrected chi connectivity index (χ0v) is 7.23. The van der Waals surface area contributed by atoms with Crippen molar-refractivity contribution in [2.24, 2.45) is 0 Å². The largest absolute Gasteiger partial charge is 0.480 e. The summed E-state index contributed by atoms with van der Waals surface area (Å²) in [6.45, 7) is -0.437. The number of carboxylic acid groups (broad SMARTS) is 1. The second kappa shape index (κ2) is 4.22. The molecule has 0 saturated heterocycles. The summed E-state index contributed by atoms with van der Waals surface area (Å²) in [4.78, 5) is 25.1. The number of rotatable bonds is 3. The van der Waals surface area contributed by atoms with Gasteiger partial charge in [0.25, 0.3) is 5.91 Å². The van der Waals surface area contributed by atoms with Crippen molar-refractivity contribution in [3.8, 4) is 0 Å². The molecule has 1 aromatic heterocycles. The lowest BCUT2D eigenvalue weighted by Crippen LogP contribution is -2.29. The van der Waals surface area contributed by atoms with Crippen molar-refractivity contribution in [2.45, 2.75) is 0 Å². The highest BCUT2D eigenvalue weighted by atomic mass is 16.4. The van der Waals surface area contributed by atoms with Gasteiger partial charge in [0, 0.05) is 6.20 Å². The summed E-state index contributed by atoms with van der Waals surface area (Å²) in [5, 5.41) is 10.5. The molecule has 0 atom stereocenters. The number of carbonyl (C=O) groups excluding carboxylic acids is 1. The van der Waals surface area contributed by atoms with Gasteiger partial charge in [-0.05, 0) is 12.1 Å². The third kappa shape index (κ3) is 2.44. The van der Waals surface area contributed by atoms with E-state index in [1.807, 2.05) is 0 Å². The molecule has 0 aliphatic heterocycles. The topological polar surface area (TPSA) is 105 Å². The SMILES string of the molecule is Nc1ncccc1C(=O)NCC(=O)O.